The molecule has 19 heavy (non-hydrogen) atoms. The van der Waals surface area contributed by atoms with E-state index in [0.717, 1.165) is 25.4 Å². The molecule has 0 aliphatic carbocycles. The van der Waals surface area contributed by atoms with Crippen LogP contribution in [0.1, 0.15) is 12.5 Å². The van der Waals surface area contributed by atoms with Gasteiger partial charge in [0.2, 0.25) is 0 Å². The quantitative estimate of drug-likeness (QED) is 0.875. The van der Waals surface area contributed by atoms with Gasteiger partial charge < -0.3 is 14.6 Å². The third-order valence-electron chi connectivity index (χ3n) is 3.26. The standard InChI is InChI=1S/C15H23NO3/c1-12-3-5-15(6-4-12)19-11-14(17)10-16-7-8-18-13(2)9-16/h3-6,13-14,17H,7-11H2,1-2H3/t13-,14+/m0/s1. The zero-order valence-electron chi connectivity index (χ0n) is 11.7. The van der Waals surface area contributed by atoms with E-state index in [-0.39, 0.29) is 6.10 Å². The van der Waals surface area contributed by atoms with Crippen molar-refractivity contribution in [3.8, 4) is 5.75 Å². The van der Waals surface area contributed by atoms with E-state index in [1.807, 2.05) is 31.2 Å². The van der Waals surface area contributed by atoms with Crippen LogP contribution >= 0.6 is 0 Å². The normalized spacial score (nSPS) is 22.2. The number of aliphatic hydroxyl groups excluding tert-OH is 1. The Morgan fingerprint density at radius 3 is 2.84 bits per heavy atom. The maximum atomic E-state index is 10.00. The average molecular weight is 265 g/mol. The smallest absolute Gasteiger partial charge is 0.119 e. The molecule has 2 rings (SSSR count). The fourth-order valence-electron chi connectivity index (χ4n) is 2.23. The molecule has 0 amide bonds. The number of aryl methyl sites for hydroxylation is 1. The Kier molecular flexibility index (Phi) is 5.19. The van der Waals surface area contributed by atoms with E-state index in [1.54, 1.807) is 0 Å². The Labute approximate surface area is 114 Å². The summed E-state index contributed by atoms with van der Waals surface area (Å²) in [4.78, 5) is 2.22. The number of morpholine rings is 1. The Morgan fingerprint density at radius 1 is 1.42 bits per heavy atom. The van der Waals surface area contributed by atoms with Crippen molar-refractivity contribution in [3.63, 3.8) is 0 Å². The van der Waals surface area contributed by atoms with E-state index in [2.05, 4.69) is 11.8 Å². The number of hydrogen-bond acceptors (Lipinski definition) is 4. The summed E-state index contributed by atoms with van der Waals surface area (Å²) in [5.74, 6) is 0.806. The van der Waals surface area contributed by atoms with Crippen LogP contribution in [0.5, 0.6) is 5.75 Å². The van der Waals surface area contributed by atoms with Crippen molar-refractivity contribution in [3.05, 3.63) is 29.8 Å². The SMILES string of the molecule is Cc1ccc(OC[C@H](O)CN2CCO[C@@H](C)C2)cc1. The van der Waals surface area contributed by atoms with Gasteiger partial charge in [0.1, 0.15) is 18.5 Å². The van der Waals surface area contributed by atoms with Gasteiger partial charge in [0.05, 0.1) is 12.7 Å². The highest BCUT2D eigenvalue weighted by atomic mass is 16.5. The van der Waals surface area contributed by atoms with E-state index in [9.17, 15) is 5.11 Å². The van der Waals surface area contributed by atoms with Gasteiger partial charge >= 0.3 is 0 Å². The minimum Gasteiger partial charge on any atom is -0.491 e. The van der Waals surface area contributed by atoms with Crippen LogP contribution in [0.3, 0.4) is 0 Å². The zero-order chi connectivity index (χ0) is 13.7. The Balaban J connectivity index is 1.72. The van der Waals surface area contributed by atoms with Crippen molar-refractivity contribution in [1.29, 1.82) is 0 Å². The first kappa shape index (κ1) is 14.3. The van der Waals surface area contributed by atoms with E-state index in [4.69, 9.17) is 9.47 Å². The molecule has 0 aromatic heterocycles. The van der Waals surface area contributed by atoms with Gasteiger partial charge in [0.15, 0.2) is 0 Å². The Hall–Kier alpha value is -1.10. The second kappa shape index (κ2) is 6.89. The van der Waals surface area contributed by atoms with Crippen molar-refractivity contribution in [2.45, 2.75) is 26.1 Å². The molecule has 106 valence electrons. The van der Waals surface area contributed by atoms with Crippen molar-refractivity contribution in [1.82, 2.24) is 4.90 Å². The highest BCUT2D eigenvalue weighted by Gasteiger charge is 2.19. The third-order valence-corrected chi connectivity index (χ3v) is 3.26. The largest absolute Gasteiger partial charge is 0.491 e. The topological polar surface area (TPSA) is 41.9 Å². The van der Waals surface area contributed by atoms with Crippen molar-refractivity contribution in [2.24, 2.45) is 0 Å². The number of nitrogens with zero attached hydrogens (tertiary/aromatic N) is 1. The molecule has 4 nitrogen and oxygen atoms in total. The predicted molar refractivity (Wildman–Crippen MR) is 74.5 cm³/mol. The summed E-state index contributed by atoms with van der Waals surface area (Å²) < 4.78 is 11.1. The molecule has 1 fully saturated rings. The van der Waals surface area contributed by atoms with Gasteiger partial charge in [-0.1, -0.05) is 17.7 Å². The van der Waals surface area contributed by atoms with E-state index in [1.165, 1.54) is 5.56 Å². The first-order valence-corrected chi connectivity index (χ1v) is 6.85. The molecule has 1 aliphatic heterocycles. The molecule has 1 aromatic rings. The van der Waals surface area contributed by atoms with Gasteiger partial charge in [-0.05, 0) is 26.0 Å². The second-order valence-corrected chi connectivity index (χ2v) is 5.22. The number of rotatable bonds is 5. The van der Waals surface area contributed by atoms with Crippen molar-refractivity contribution < 1.29 is 14.6 Å². The Morgan fingerprint density at radius 2 is 2.16 bits per heavy atom. The highest BCUT2D eigenvalue weighted by Crippen LogP contribution is 2.12. The minimum atomic E-state index is -0.466. The molecule has 1 aliphatic rings. The lowest BCUT2D eigenvalue weighted by Gasteiger charge is -2.32. The molecular weight excluding hydrogens is 242 g/mol. The molecule has 0 unspecified atom stereocenters. The van der Waals surface area contributed by atoms with Gasteiger partial charge in [0.25, 0.3) is 0 Å². The van der Waals surface area contributed by atoms with Crippen LogP contribution in [-0.2, 0) is 4.74 Å². The summed E-state index contributed by atoms with van der Waals surface area (Å²) >= 11 is 0. The van der Waals surface area contributed by atoms with Gasteiger partial charge in [-0.25, -0.2) is 0 Å². The maximum absolute atomic E-state index is 10.00. The summed E-state index contributed by atoms with van der Waals surface area (Å²) in [5.41, 5.74) is 1.20. The molecule has 1 saturated heterocycles. The van der Waals surface area contributed by atoms with Crippen LogP contribution in [-0.4, -0.2) is 55.1 Å². The lowest BCUT2D eigenvalue weighted by atomic mass is 10.2. The number of hydrogen-bond donors (Lipinski definition) is 1. The highest BCUT2D eigenvalue weighted by molar-refractivity contribution is 5.26. The fourth-order valence-corrected chi connectivity index (χ4v) is 2.23. The number of aliphatic hydroxyl groups is 1. The lowest BCUT2D eigenvalue weighted by molar-refractivity contribution is -0.0361. The second-order valence-electron chi connectivity index (χ2n) is 5.22. The van der Waals surface area contributed by atoms with E-state index >= 15 is 0 Å². The number of ether oxygens (including phenoxy) is 2. The van der Waals surface area contributed by atoms with Crippen LogP contribution in [0.2, 0.25) is 0 Å². The Bertz CT molecular complexity index is 379. The van der Waals surface area contributed by atoms with Crippen LogP contribution < -0.4 is 4.74 Å². The molecule has 1 aromatic carbocycles. The van der Waals surface area contributed by atoms with Crippen LogP contribution in [0, 0.1) is 6.92 Å². The first-order valence-electron chi connectivity index (χ1n) is 6.85. The van der Waals surface area contributed by atoms with Crippen LogP contribution in [0.4, 0.5) is 0 Å². The molecular formula is C15H23NO3. The lowest BCUT2D eigenvalue weighted by Crippen LogP contribution is -2.45. The summed E-state index contributed by atoms with van der Waals surface area (Å²) in [7, 11) is 0. The van der Waals surface area contributed by atoms with Crippen molar-refractivity contribution in [2.75, 3.05) is 32.8 Å². The maximum Gasteiger partial charge on any atom is 0.119 e. The first-order chi connectivity index (χ1) is 9.13. The molecule has 0 bridgehead atoms. The van der Waals surface area contributed by atoms with Gasteiger partial charge in [0, 0.05) is 19.6 Å². The summed E-state index contributed by atoms with van der Waals surface area (Å²) in [6.45, 7) is 7.56. The van der Waals surface area contributed by atoms with E-state index < -0.39 is 6.10 Å². The summed E-state index contributed by atoms with van der Waals surface area (Å²) in [6, 6.07) is 7.87. The molecule has 0 spiro atoms. The molecule has 0 saturated carbocycles. The zero-order valence-corrected chi connectivity index (χ0v) is 11.7. The monoisotopic (exact) mass is 265 g/mol. The number of benzene rings is 1. The van der Waals surface area contributed by atoms with E-state index in [0.29, 0.717) is 13.2 Å². The predicted octanol–water partition coefficient (Wildman–Crippen LogP) is 1.46. The molecule has 4 heteroatoms. The fraction of sp³-hybridized carbons (Fsp3) is 0.600. The average Bonchev–Trinajstić information content (AvgIpc) is 2.38. The minimum absolute atomic E-state index is 0.249. The molecule has 1 heterocycles. The third kappa shape index (κ3) is 4.82. The van der Waals surface area contributed by atoms with Gasteiger partial charge in [-0.15, -0.1) is 0 Å². The van der Waals surface area contributed by atoms with Crippen LogP contribution in [0.25, 0.3) is 0 Å². The number of β-amino-alcohol motifs (C(OH)–C–C–N with tert-alkyl or cyclic N) is 1. The molecule has 1 N–H and O–H groups in total. The summed E-state index contributed by atoms with van der Waals surface area (Å²) in [5, 5.41) is 10.00. The van der Waals surface area contributed by atoms with Gasteiger partial charge in [-0.2, -0.15) is 0 Å². The molecule has 0 radical (unpaired) electrons. The summed E-state index contributed by atoms with van der Waals surface area (Å²) in [6.07, 6.45) is -0.217. The van der Waals surface area contributed by atoms with Gasteiger partial charge in [-0.3, -0.25) is 4.90 Å². The van der Waals surface area contributed by atoms with Crippen LogP contribution in [0.15, 0.2) is 24.3 Å². The van der Waals surface area contributed by atoms with Crippen molar-refractivity contribution >= 4 is 0 Å². The molecule has 2 atom stereocenters.